The van der Waals surface area contributed by atoms with Gasteiger partial charge in [0.05, 0.1) is 17.2 Å². The van der Waals surface area contributed by atoms with E-state index in [1.54, 1.807) is 18.2 Å². The van der Waals surface area contributed by atoms with Crippen LogP contribution in [0.1, 0.15) is 17.8 Å². The summed E-state index contributed by atoms with van der Waals surface area (Å²) < 4.78 is 2.00. The van der Waals surface area contributed by atoms with Gasteiger partial charge in [-0.3, -0.25) is 4.79 Å². The van der Waals surface area contributed by atoms with Gasteiger partial charge in [-0.15, -0.1) is 0 Å². The van der Waals surface area contributed by atoms with Crippen LogP contribution >= 0.6 is 0 Å². The van der Waals surface area contributed by atoms with Gasteiger partial charge in [0.2, 0.25) is 5.91 Å². The molecule has 4 aromatic rings. The smallest absolute Gasteiger partial charge is 0.241 e. The van der Waals surface area contributed by atoms with Crippen molar-refractivity contribution in [1.82, 2.24) is 15.0 Å². The SMILES string of the molecule is Cc1nc2ccccc2n1CCC(=O)N/N=C/c1c(O)ccc2cc(O)ccc12. The highest BCUT2D eigenvalue weighted by molar-refractivity contribution is 6.03. The quantitative estimate of drug-likeness (QED) is 0.360. The van der Waals surface area contributed by atoms with E-state index in [4.69, 9.17) is 0 Å². The number of imidazole rings is 1. The molecule has 0 saturated carbocycles. The number of aryl methyl sites for hydroxylation is 2. The number of aromatic nitrogens is 2. The second-order valence-corrected chi connectivity index (χ2v) is 6.75. The minimum Gasteiger partial charge on any atom is -0.508 e. The molecule has 0 saturated heterocycles. The largest absolute Gasteiger partial charge is 0.508 e. The Bertz CT molecular complexity index is 1240. The summed E-state index contributed by atoms with van der Waals surface area (Å²) in [5.41, 5.74) is 4.87. The van der Waals surface area contributed by atoms with Gasteiger partial charge in [-0.05, 0) is 54.1 Å². The average molecular weight is 388 g/mol. The third-order valence-electron chi connectivity index (χ3n) is 4.81. The first-order valence-electron chi connectivity index (χ1n) is 9.21. The van der Waals surface area contributed by atoms with Gasteiger partial charge in [-0.1, -0.05) is 18.2 Å². The Kier molecular flexibility index (Phi) is 4.87. The summed E-state index contributed by atoms with van der Waals surface area (Å²) in [6.07, 6.45) is 1.65. The number of phenols is 2. The molecule has 3 aromatic carbocycles. The zero-order chi connectivity index (χ0) is 20.4. The Labute approximate surface area is 166 Å². The molecule has 0 aliphatic rings. The molecule has 0 fully saturated rings. The van der Waals surface area contributed by atoms with E-state index in [0.29, 0.717) is 12.1 Å². The maximum atomic E-state index is 12.2. The number of aromatic hydroxyl groups is 2. The Morgan fingerprint density at radius 3 is 2.86 bits per heavy atom. The Morgan fingerprint density at radius 2 is 2.00 bits per heavy atom. The highest BCUT2D eigenvalue weighted by atomic mass is 16.3. The Morgan fingerprint density at radius 1 is 1.17 bits per heavy atom. The molecule has 0 spiro atoms. The molecule has 1 aromatic heterocycles. The van der Waals surface area contributed by atoms with Crippen LogP contribution in [-0.2, 0) is 11.3 Å². The van der Waals surface area contributed by atoms with Gasteiger partial charge in [0.1, 0.15) is 17.3 Å². The molecule has 7 heteroatoms. The number of carbonyl (C=O) groups is 1. The van der Waals surface area contributed by atoms with Crippen molar-refractivity contribution in [2.75, 3.05) is 0 Å². The number of carbonyl (C=O) groups excluding carboxylic acids is 1. The summed E-state index contributed by atoms with van der Waals surface area (Å²) in [4.78, 5) is 16.7. The van der Waals surface area contributed by atoms with Crippen LogP contribution in [0.3, 0.4) is 0 Å². The molecule has 0 bridgehead atoms. The Hall–Kier alpha value is -3.87. The lowest BCUT2D eigenvalue weighted by Gasteiger charge is -2.07. The lowest BCUT2D eigenvalue weighted by Crippen LogP contribution is -2.19. The van der Waals surface area contributed by atoms with E-state index < -0.39 is 0 Å². The topological polar surface area (TPSA) is 99.7 Å². The number of phenolic OH excluding ortho intramolecular Hbond substituents is 2. The molecule has 146 valence electrons. The molecule has 3 N–H and O–H groups in total. The molecule has 0 atom stereocenters. The maximum absolute atomic E-state index is 12.2. The molecule has 0 radical (unpaired) electrons. The number of nitrogens with zero attached hydrogens (tertiary/aromatic N) is 3. The van der Waals surface area contributed by atoms with Crippen molar-refractivity contribution in [1.29, 1.82) is 0 Å². The number of hydrazone groups is 1. The van der Waals surface area contributed by atoms with Gasteiger partial charge in [-0.25, -0.2) is 10.4 Å². The lowest BCUT2D eigenvalue weighted by atomic mass is 10.0. The third kappa shape index (κ3) is 3.75. The normalized spacial score (nSPS) is 11.5. The van der Waals surface area contributed by atoms with Gasteiger partial charge in [0, 0.05) is 18.5 Å². The number of amides is 1. The molecular formula is C22H20N4O3. The standard InChI is InChI=1S/C22H20N4O3/c1-14-24-19-4-2-3-5-20(19)26(14)11-10-22(29)25-23-13-18-17-8-7-16(27)12-15(17)6-9-21(18)28/h2-9,12-13,27-28H,10-11H2,1H3,(H,25,29)/b23-13+. The van der Waals surface area contributed by atoms with Crippen molar-refractivity contribution in [3.63, 3.8) is 0 Å². The van der Waals surface area contributed by atoms with Crippen molar-refractivity contribution in [2.24, 2.45) is 5.10 Å². The fraction of sp³-hybridized carbons (Fsp3) is 0.136. The van der Waals surface area contributed by atoms with Crippen LogP contribution in [0.2, 0.25) is 0 Å². The molecule has 29 heavy (non-hydrogen) atoms. The van der Waals surface area contributed by atoms with Crippen molar-refractivity contribution in [2.45, 2.75) is 19.9 Å². The zero-order valence-electron chi connectivity index (χ0n) is 15.8. The summed E-state index contributed by atoms with van der Waals surface area (Å²) in [7, 11) is 0. The monoisotopic (exact) mass is 388 g/mol. The first-order chi connectivity index (χ1) is 14.0. The number of nitrogens with one attached hydrogen (secondary N) is 1. The predicted molar refractivity (Wildman–Crippen MR) is 112 cm³/mol. The van der Waals surface area contributed by atoms with E-state index in [9.17, 15) is 15.0 Å². The summed E-state index contributed by atoms with van der Waals surface area (Å²) >= 11 is 0. The van der Waals surface area contributed by atoms with E-state index in [1.165, 1.54) is 18.3 Å². The molecule has 1 amide bonds. The summed E-state index contributed by atoms with van der Waals surface area (Å²) in [6.45, 7) is 2.41. The predicted octanol–water partition coefficient (Wildman–Crippen LogP) is 3.45. The second kappa shape index (κ2) is 7.63. The van der Waals surface area contributed by atoms with Crippen LogP contribution in [0.25, 0.3) is 21.8 Å². The molecule has 1 heterocycles. The van der Waals surface area contributed by atoms with Crippen LogP contribution in [0.5, 0.6) is 11.5 Å². The van der Waals surface area contributed by atoms with E-state index >= 15 is 0 Å². The third-order valence-corrected chi connectivity index (χ3v) is 4.81. The Balaban J connectivity index is 1.45. The van der Waals surface area contributed by atoms with Crippen molar-refractivity contribution < 1.29 is 15.0 Å². The fourth-order valence-corrected chi connectivity index (χ4v) is 3.38. The first-order valence-corrected chi connectivity index (χ1v) is 9.21. The zero-order valence-corrected chi connectivity index (χ0v) is 15.8. The van der Waals surface area contributed by atoms with Crippen molar-refractivity contribution in [3.8, 4) is 11.5 Å². The average Bonchev–Trinajstić information content (AvgIpc) is 3.03. The minimum absolute atomic E-state index is 0.0432. The summed E-state index contributed by atoms with van der Waals surface area (Å²) in [5.74, 6) is 0.797. The summed E-state index contributed by atoms with van der Waals surface area (Å²) in [6, 6.07) is 15.9. The van der Waals surface area contributed by atoms with Crippen molar-refractivity contribution in [3.05, 3.63) is 66.0 Å². The van der Waals surface area contributed by atoms with Gasteiger partial charge in [-0.2, -0.15) is 5.10 Å². The number of hydrogen-bond donors (Lipinski definition) is 3. The van der Waals surface area contributed by atoms with E-state index in [2.05, 4.69) is 15.5 Å². The maximum Gasteiger partial charge on any atom is 0.241 e. The van der Waals surface area contributed by atoms with Gasteiger partial charge >= 0.3 is 0 Å². The molecule has 4 rings (SSSR count). The number of fused-ring (bicyclic) bond motifs is 2. The number of hydrogen-bond acceptors (Lipinski definition) is 5. The van der Waals surface area contributed by atoms with E-state index in [1.807, 2.05) is 35.8 Å². The molecule has 0 aliphatic carbocycles. The molecule has 0 aliphatic heterocycles. The molecular weight excluding hydrogens is 368 g/mol. The summed E-state index contributed by atoms with van der Waals surface area (Å²) in [5, 5.41) is 25.2. The van der Waals surface area contributed by atoms with Gasteiger partial charge in [0.25, 0.3) is 0 Å². The van der Waals surface area contributed by atoms with Crippen LogP contribution in [0.4, 0.5) is 0 Å². The highest BCUT2D eigenvalue weighted by Gasteiger charge is 2.09. The van der Waals surface area contributed by atoms with Crippen LogP contribution in [0.15, 0.2) is 59.7 Å². The fourth-order valence-electron chi connectivity index (χ4n) is 3.38. The van der Waals surface area contributed by atoms with Crippen LogP contribution < -0.4 is 5.43 Å². The highest BCUT2D eigenvalue weighted by Crippen LogP contribution is 2.28. The van der Waals surface area contributed by atoms with E-state index in [-0.39, 0.29) is 23.8 Å². The first kappa shape index (κ1) is 18.5. The van der Waals surface area contributed by atoms with E-state index in [0.717, 1.165) is 27.6 Å². The van der Waals surface area contributed by atoms with Gasteiger partial charge in [0.15, 0.2) is 0 Å². The van der Waals surface area contributed by atoms with Gasteiger partial charge < -0.3 is 14.8 Å². The lowest BCUT2D eigenvalue weighted by molar-refractivity contribution is -0.121. The number of rotatable bonds is 5. The number of benzene rings is 3. The molecule has 7 nitrogen and oxygen atoms in total. The number of para-hydroxylation sites is 2. The molecule has 0 unspecified atom stereocenters. The van der Waals surface area contributed by atoms with Crippen LogP contribution in [0, 0.1) is 6.92 Å². The minimum atomic E-state index is -0.240. The van der Waals surface area contributed by atoms with Crippen molar-refractivity contribution >= 4 is 33.9 Å². The second-order valence-electron chi connectivity index (χ2n) is 6.75. The van der Waals surface area contributed by atoms with Crippen LogP contribution in [-0.4, -0.2) is 31.9 Å².